The molecule has 0 fully saturated rings. The van der Waals surface area contributed by atoms with E-state index in [0.29, 0.717) is 0 Å². The van der Waals surface area contributed by atoms with Crippen LogP contribution >= 0.6 is 23.5 Å². The molecule has 0 aliphatic heterocycles. The normalized spacial score (nSPS) is 10.6. The zero-order valence-electron chi connectivity index (χ0n) is 8.16. The van der Waals surface area contributed by atoms with Crippen molar-refractivity contribution in [1.29, 1.82) is 0 Å². The van der Waals surface area contributed by atoms with E-state index in [4.69, 9.17) is 21.5 Å². The topological polar surface area (TPSA) is 35.2 Å². The summed E-state index contributed by atoms with van der Waals surface area (Å²) in [7, 11) is 1.64. The van der Waals surface area contributed by atoms with Gasteiger partial charge in [0.2, 0.25) is 0 Å². The molecule has 2 nitrogen and oxygen atoms in total. The van der Waals surface area contributed by atoms with Gasteiger partial charge in [-0.1, -0.05) is 17.7 Å². The third kappa shape index (κ3) is 2.04. The minimum absolute atomic E-state index is 0.723. The number of halogens is 1. The SMILES string of the molecule is COc1cc2ccc(Cl)cc2cc1SN. The van der Waals surface area contributed by atoms with E-state index in [-0.39, 0.29) is 0 Å². The summed E-state index contributed by atoms with van der Waals surface area (Å²) in [5, 5.41) is 8.44. The average molecular weight is 240 g/mol. The van der Waals surface area contributed by atoms with Crippen molar-refractivity contribution in [2.45, 2.75) is 4.90 Å². The first-order valence-corrected chi connectivity index (χ1v) is 5.64. The smallest absolute Gasteiger partial charge is 0.134 e. The lowest BCUT2D eigenvalue weighted by atomic mass is 10.1. The molecule has 0 heterocycles. The van der Waals surface area contributed by atoms with Crippen LogP contribution in [0.15, 0.2) is 35.2 Å². The Hall–Kier alpha value is -0.900. The van der Waals surface area contributed by atoms with Crippen LogP contribution in [-0.4, -0.2) is 7.11 Å². The van der Waals surface area contributed by atoms with Crippen LogP contribution in [0.3, 0.4) is 0 Å². The molecule has 0 unspecified atom stereocenters. The van der Waals surface area contributed by atoms with Gasteiger partial charge in [0.15, 0.2) is 0 Å². The van der Waals surface area contributed by atoms with Crippen molar-refractivity contribution >= 4 is 34.3 Å². The first kappa shape index (κ1) is 10.6. The Labute approximate surface area is 97.5 Å². The highest BCUT2D eigenvalue weighted by Gasteiger charge is 2.05. The molecule has 0 atom stereocenters. The van der Waals surface area contributed by atoms with Crippen molar-refractivity contribution < 1.29 is 4.74 Å². The molecule has 0 spiro atoms. The van der Waals surface area contributed by atoms with Crippen LogP contribution in [0, 0.1) is 0 Å². The molecule has 0 aliphatic carbocycles. The Balaban J connectivity index is 2.69. The molecule has 0 radical (unpaired) electrons. The fourth-order valence-corrected chi connectivity index (χ4v) is 2.11. The number of methoxy groups -OCH3 is 1. The van der Waals surface area contributed by atoms with E-state index >= 15 is 0 Å². The van der Waals surface area contributed by atoms with Gasteiger partial charge < -0.3 is 4.74 Å². The van der Waals surface area contributed by atoms with Gasteiger partial charge in [0.05, 0.1) is 12.0 Å². The molecule has 0 saturated heterocycles. The first-order chi connectivity index (χ1) is 7.24. The minimum Gasteiger partial charge on any atom is -0.496 e. The monoisotopic (exact) mass is 239 g/mol. The lowest BCUT2D eigenvalue weighted by Gasteiger charge is -2.07. The molecule has 15 heavy (non-hydrogen) atoms. The molecule has 0 aromatic heterocycles. The van der Waals surface area contributed by atoms with E-state index in [9.17, 15) is 0 Å². The van der Waals surface area contributed by atoms with Crippen LogP contribution in [-0.2, 0) is 0 Å². The van der Waals surface area contributed by atoms with Crippen LogP contribution in [0.2, 0.25) is 5.02 Å². The molecule has 4 heteroatoms. The Morgan fingerprint density at radius 3 is 2.67 bits per heavy atom. The zero-order valence-corrected chi connectivity index (χ0v) is 9.73. The van der Waals surface area contributed by atoms with E-state index < -0.39 is 0 Å². The lowest BCUT2D eigenvalue weighted by Crippen LogP contribution is -1.89. The second-order valence-corrected chi connectivity index (χ2v) is 4.22. The van der Waals surface area contributed by atoms with Gasteiger partial charge in [-0.05, 0) is 47.0 Å². The summed E-state index contributed by atoms with van der Waals surface area (Å²) in [5.74, 6) is 0.789. The van der Waals surface area contributed by atoms with Gasteiger partial charge in [-0.15, -0.1) is 0 Å². The summed E-state index contributed by atoms with van der Waals surface area (Å²) in [6, 6.07) is 9.67. The average Bonchev–Trinajstić information content (AvgIpc) is 2.27. The van der Waals surface area contributed by atoms with E-state index in [1.165, 1.54) is 11.9 Å². The molecule has 2 rings (SSSR count). The molecule has 2 N–H and O–H groups in total. The predicted octanol–water partition coefficient (Wildman–Crippen LogP) is 3.47. The van der Waals surface area contributed by atoms with Crippen LogP contribution in [0.25, 0.3) is 10.8 Å². The molecule has 2 aromatic rings. The molecule has 2 aromatic carbocycles. The summed E-state index contributed by atoms with van der Waals surface area (Å²) in [4.78, 5) is 0.910. The fraction of sp³-hybridized carbons (Fsp3) is 0.0909. The van der Waals surface area contributed by atoms with Crippen LogP contribution < -0.4 is 9.88 Å². The van der Waals surface area contributed by atoms with E-state index in [2.05, 4.69) is 0 Å². The lowest BCUT2D eigenvalue weighted by molar-refractivity contribution is 0.405. The molecule has 0 aliphatic rings. The first-order valence-electron chi connectivity index (χ1n) is 4.38. The summed E-state index contributed by atoms with van der Waals surface area (Å²) >= 11 is 7.09. The van der Waals surface area contributed by atoms with Crippen molar-refractivity contribution in [3.63, 3.8) is 0 Å². The number of hydrogen-bond donors (Lipinski definition) is 1. The molecule has 78 valence electrons. The third-order valence-electron chi connectivity index (χ3n) is 2.21. The van der Waals surface area contributed by atoms with Crippen molar-refractivity contribution in [2.75, 3.05) is 7.11 Å². The maximum Gasteiger partial charge on any atom is 0.134 e. The van der Waals surface area contributed by atoms with Crippen LogP contribution in [0.5, 0.6) is 5.75 Å². The van der Waals surface area contributed by atoms with E-state index in [1.54, 1.807) is 7.11 Å². The van der Waals surface area contributed by atoms with Gasteiger partial charge in [0, 0.05) is 5.02 Å². The second-order valence-electron chi connectivity index (χ2n) is 3.11. The highest BCUT2D eigenvalue weighted by molar-refractivity contribution is 7.97. The Kier molecular flexibility index (Phi) is 3.05. The van der Waals surface area contributed by atoms with Crippen LogP contribution in [0.4, 0.5) is 0 Å². The molecule has 0 amide bonds. The predicted molar refractivity (Wildman–Crippen MR) is 65.6 cm³/mol. The highest BCUT2D eigenvalue weighted by atomic mass is 35.5. The minimum atomic E-state index is 0.723. The third-order valence-corrected chi connectivity index (χ3v) is 3.02. The van der Waals surface area contributed by atoms with Gasteiger partial charge >= 0.3 is 0 Å². The second kappa shape index (κ2) is 4.31. The standard InChI is InChI=1S/C11H10ClNOS/c1-14-10-5-7-2-3-9(12)4-8(7)6-11(10)15-13/h2-6H,13H2,1H3. The van der Waals surface area contributed by atoms with Gasteiger partial charge in [0.1, 0.15) is 5.75 Å². The van der Waals surface area contributed by atoms with Crippen molar-refractivity contribution in [2.24, 2.45) is 5.14 Å². The van der Waals surface area contributed by atoms with E-state index in [1.807, 2.05) is 30.3 Å². The number of hydrogen-bond acceptors (Lipinski definition) is 3. The summed E-state index contributed by atoms with van der Waals surface area (Å²) in [5.41, 5.74) is 0. The fourth-order valence-electron chi connectivity index (χ4n) is 1.48. The number of benzene rings is 2. The Morgan fingerprint density at radius 1 is 1.20 bits per heavy atom. The van der Waals surface area contributed by atoms with Crippen molar-refractivity contribution in [3.8, 4) is 5.75 Å². The van der Waals surface area contributed by atoms with Gasteiger partial charge in [0.25, 0.3) is 0 Å². The largest absolute Gasteiger partial charge is 0.496 e. The number of nitrogens with two attached hydrogens (primary N) is 1. The molecule has 0 bridgehead atoms. The summed E-state index contributed by atoms with van der Waals surface area (Å²) < 4.78 is 5.24. The summed E-state index contributed by atoms with van der Waals surface area (Å²) in [6.45, 7) is 0. The highest BCUT2D eigenvalue weighted by Crippen LogP contribution is 2.32. The van der Waals surface area contributed by atoms with Crippen molar-refractivity contribution in [1.82, 2.24) is 0 Å². The quantitative estimate of drug-likeness (QED) is 0.816. The zero-order chi connectivity index (χ0) is 10.8. The van der Waals surface area contributed by atoms with Crippen LogP contribution in [0.1, 0.15) is 0 Å². The Morgan fingerprint density at radius 2 is 2.00 bits per heavy atom. The molecular formula is C11H10ClNOS. The maximum absolute atomic E-state index is 5.92. The van der Waals surface area contributed by atoms with Crippen molar-refractivity contribution in [3.05, 3.63) is 35.4 Å². The number of ether oxygens (including phenoxy) is 1. The van der Waals surface area contributed by atoms with Gasteiger partial charge in [-0.3, -0.25) is 5.14 Å². The molecular weight excluding hydrogens is 230 g/mol. The number of fused-ring (bicyclic) bond motifs is 1. The van der Waals surface area contributed by atoms with E-state index in [0.717, 1.165) is 26.4 Å². The Bertz CT molecular complexity index is 501. The maximum atomic E-state index is 5.92. The van der Waals surface area contributed by atoms with Gasteiger partial charge in [-0.2, -0.15) is 0 Å². The molecule has 0 saturated carbocycles. The summed E-state index contributed by atoms with van der Waals surface area (Å²) in [6.07, 6.45) is 0. The number of rotatable bonds is 2. The van der Waals surface area contributed by atoms with Gasteiger partial charge in [-0.25, -0.2) is 0 Å².